The summed E-state index contributed by atoms with van der Waals surface area (Å²) in [6.45, 7) is 0. The molecule has 0 spiro atoms. The van der Waals surface area contributed by atoms with Crippen molar-refractivity contribution in [3.05, 3.63) is 115 Å². The Hall–Kier alpha value is -4.34. The molecular weight excluding hydrogens is 446 g/mol. The summed E-state index contributed by atoms with van der Waals surface area (Å²) in [4.78, 5) is 0. The van der Waals surface area contributed by atoms with Gasteiger partial charge in [0.05, 0.1) is 5.52 Å². The SMILES string of the molecule is c1ccc2c(c1)oc1c3ccccc3n(-c3ccc(-c4cccc5c4sc4ccccc45)cc3)c21. The topological polar surface area (TPSA) is 18.1 Å². The molecular formula is C32H19NOS. The Labute approximate surface area is 205 Å². The summed E-state index contributed by atoms with van der Waals surface area (Å²) in [7, 11) is 0. The van der Waals surface area contributed by atoms with Crippen molar-refractivity contribution in [2.75, 3.05) is 0 Å². The lowest BCUT2D eigenvalue weighted by Gasteiger charge is -2.09. The number of rotatable bonds is 2. The molecule has 3 heterocycles. The highest BCUT2D eigenvalue weighted by Crippen LogP contribution is 2.41. The van der Waals surface area contributed by atoms with Gasteiger partial charge in [0.2, 0.25) is 0 Å². The Kier molecular flexibility index (Phi) is 3.85. The summed E-state index contributed by atoms with van der Waals surface area (Å²) in [6.07, 6.45) is 0. The van der Waals surface area contributed by atoms with Crippen LogP contribution in [0.15, 0.2) is 120 Å². The first-order valence-electron chi connectivity index (χ1n) is 11.8. The third-order valence-electron chi connectivity index (χ3n) is 7.02. The molecule has 5 aromatic carbocycles. The monoisotopic (exact) mass is 465 g/mol. The molecule has 3 heteroatoms. The van der Waals surface area contributed by atoms with E-state index in [1.54, 1.807) is 0 Å². The van der Waals surface area contributed by atoms with Gasteiger partial charge in [0.15, 0.2) is 5.58 Å². The molecule has 0 bridgehead atoms. The van der Waals surface area contributed by atoms with Crippen LogP contribution in [0.4, 0.5) is 0 Å². The first-order valence-corrected chi connectivity index (χ1v) is 12.6. The van der Waals surface area contributed by atoms with Crippen LogP contribution < -0.4 is 0 Å². The standard InChI is InChI=1S/C32H19NOS/c1-4-13-27-25(9-1)31-30(26-10-2-5-14-28(26)34-31)33(27)21-18-16-20(17-19-21)22-11-7-12-24-23-8-3-6-15-29(23)35-32(22)24/h1-19H. The number of benzene rings is 5. The van der Waals surface area contributed by atoms with Gasteiger partial charge in [-0.1, -0.05) is 72.8 Å². The first kappa shape index (κ1) is 19.0. The van der Waals surface area contributed by atoms with Gasteiger partial charge in [-0.3, -0.25) is 0 Å². The summed E-state index contributed by atoms with van der Waals surface area (Å²) in [5.74, 6) is 0. The highest BCUT2D eigenvalue weighted by Gasteiger charge is 2.19. The van der Waals surface area contributed by atoms with Crippen molar-refractivity contribution in [1.29, 1.82) is 0 Å². The van der Waals surface area contributed by atoms with Gasteiger partial charge in [-0.2, -0.15) is 0 Å². The maximum atomic E-state index is 6.32. The molecule has 0 atom stereocenters. The van der Waals surface area contributed by atoms with Gasteiger partial charge in [0.1, 0.15) is 11.1 Å². The lowest BCUT2D eigenvalue weighted by atomic mass is 10.0. The van der Waals surface area contributed by atoms with Crippen molar-refractivity contribution >= 4 is 64.5 Å². The average Bonchev–Trinajstić information content (AvgIpc) is 3.58. The van der Waals surface area contributed by atoms with Crippen LogP contribution in [0, 0.1) is 0 Å². The minimum Gasteiger partial charge on any atom is -0.454 e. The maximum absolute atomic E-state index is 6.32. The average molecular weight is 466 g/mol. The molecule has 0 radical (unpaired) electrons. The van der Waals surface area contributed by atoms with Crippen molar-refractivity contribution in [2.24, 2.45) is 0 Å². The highest BCUT2D eigenvalue weighted by atomic mass is 32.1. The molecule has 0 saturated heterocycles. The van der Waals surface area contributed by atoms with E-state index in [1.165, 1.54) is 31.3 Å². The summed E-state index contributed by atoms with van der Waals surface area (Å²) in [6, 6.07) is 41.1. The van der Waals surface area contributed by atoms with Crippen LogP contribution in [0.25, 0.3) is 70.0 Å². The first-order chi connectivity index (χ1) is 17.4. The smallest absolute Gasteiger partial charge is 0.161 e. The lowest BCUT2D eigenvalue weighted by molar-refractivity contribution is 0.673. The minimum atomic E-state index is 0.921. The van der Waals surface area contributed by atoms with Crippen molar-refractivity contribution in [2.45, 2.75) is 0 Å². The molecule has 8 aromatic rings. The van der Waals surface area contributed by atoms with E-state index in [0.29, 0.717) is 0 Å². The predicted octanol–water partition coefficient (Wildman–Crippen LogP) is 9.56. The number of hydrogen-bond donors (Lipinski definition) is 0. The van der Waals surface area contributed by atoms with E-state index < -0.39 is 0 Å². The van der Waals surface area contributed by atoms with Crippen molar-refractivity contribution in [3.63, 3.8) is 0 Å². The number of nitrogens with zero attached hydrogens (tertiary/aromatic N) is 1. The van der Waals surface area contributed by atoms with Crippen molar-refractivity contribution in [3.8, 4) is 16.8 Å². The zero-order chi connectivity index (χ0) is 22.9. The summed E-state index contributed by atoms with van der Waals surface area (Å²) >= 11 is 1.87. The normalized spacial score (nSPS) is 12.0. The number of aromatic nitrogens is 1. The highest BCUT2D eigenvalue weighted by molar-refractivity contribution is 7.26. The van der Waals surface area contributed by atoms with Gasteiger partial charge < -0.3 is 8.98 Å². The van der Waals surface area contributed by atoms with Gasteiger partial charge in [0, 0.05) is 36.6 Å². The molecule has 164 valence electrons. The molecule has 0 saturated carbocycles. The molecule has 0 N–H and O–H groups in total. The number of hydrogen-bond acceptors (Lipinski definition) is 2. The number of fused-ring (bicyclic) bond motifs is 8. The fourth-order valence-corrected chi connectivity index (χ4v) is 6.69. The Morgan fingerprint density at radius 3 is 2.17 bits per heavy atom. The second kappa shape index (κ2) is 7.08. The fraction of sp³-hybridized carbons (Fsp3) is 0. The number of para-hydroxylation sites is 2. The Morgan fingerprint density at radius 2 is 1.29 bits per heavy atom. The molecule has 0 aliphatic rings. The van der Waals surface area contributed by atoms with Crippen LogP contribution >= 0.6 is 11.3 Å². The molecule has 0 amide bonds. The van der Waals surface area contributed by atoms with E-state index in [2.05, 4.69) is 108 Å². The van der Waals surface area contributed by atoms with Crippen LogP contribution in [0.1, 0.15) is 0 Å². The van der Waals surface area contributed by atoms with Gasteiger partial charge in [-0.25, -0.2) is 0 Å². The van der Waals surface area contributed by atoms with Crippen LogP contribution in [-0.2, 0) is 0 Å². The van der Waals surface area contributed by atoms with E-state index in [0.717, 1.165) is 38.7 Å². The third kappa shape index (κ3) is 2.64. The summed E-state index contributed by atoms with van der Waals surface area (Å²) in [5, 5.41) is 4.94. The van der Waals surface area contributed by atoms with Crippen molar-refractivity contribution in [1.82, 2.24) is 4.57 Å². The largest absolute Gasteiger partial charge is 0.454 e. The predicted molar refractivity (Wildman–Crippen MR) is 149 cm³/mol. The second-order valence-corrected chi connectivity index (χ2v) is 10.0. The third-order valence-corrected chi connectivity index (χ3v) is 8.24. The maximum Gasteiger partial charge on any atom is 0.161 e. The molecule has 0 aliphatic heterocycles. The molecule has 8 rings (SSSR count). The van der Waals surface area contributed by atoms with Crippen LogP contribution in [-0.4, -0.2) is 4.57 Å². The van der Waals surface area contributed by atoms with E-state index in [4.69, 9.17) is 4.42 Å². The van der Waals surface area contributed by atoms with Crippen LogP contribution in [0.5, 0.6) is 0 Å². The second-order valence-electron chi connectivity index (χ2n) is 8.96. The summed E-state index contributed by atoms with van der Waals surface area (Å²) < 4.78 is 11.3. The van der Waals surface area contributed by atoms with Gasteiger partial charge in [-0.15, -0.1) is 11.3 Å². The van der Waals surface area contributed by atoms with Gasteiger partial charge in [0.25, 0.3) is 0 Å². The zero-order valence-electron chi connectivity index (χ0n) is 18.7. The van der Waals surface area contributed by atoms with Crippen LogP contribution in [0.2, 0.25) is 0 Å². The zero-order valence-corrected chi connectivity index (χ0v) is 19.5. The molecule has 3 aromatic heterocycles. The molecule has 2 nitrogen and oxygen atoms in total. The van der Waals surface area contributed by atoms with E-state index in [1.807, 2.05) is 23.5 Å². The Bertz CT molecular complexity index is 2050. The number of furan rings is 1. The molecule has 0 fully saturated rings. The fourth-order valence-electron chi connectivity index (χ4n) is 5.45. The van der Waals surface area contributed by atoms with Crippen molar-refractivity contribution < 1.29 is 4.42 Å². The van der Waals surface area contributed by atoms with E-state index in [-0.39, 0.29) is 0 Å². The van der Waals surface area contributed by atoms with Crippen LogP contribution in [0.3, 0.4) is 0 Å². The summed E-state index contributed by atoms with van der Waals surface area (Å²) in [5.41, 5.74) is 7.80. The molecule has 0 aliphatic carbocycles. The Morgan fingerprint density at radius 1 is 0.571 bits per heavy atom. The van der Waals surface area contributed by atoms with Gasteiger partial charge in [-0.05, 0) is 53.6 Å². The minimum absolute atomic E-state index is 0.921. The van der Waals surface area contributed by atoms with E-state index >= 15 is 0 Å². The number of thiophene rings is 1. The molecule has 35 heavy (non-hydrogen) atoms. The Balaban J connectivity index is 1.35. The quantitative estimate of drug-likeness (QED) is 0.248. The van der Waals surface area contributed by atoms with Gasteiger partial charge >= 0.3 is 0 Å². The molecule has 0 unspecified atom stereocenters. The van der Waals surface area contributed by atoms with E-state index in [9.17, 15) is 0 Å². The lowest BCUT2D eigenvalue weighted by Crippen LogP contribution is -1.93.